The molecule has 1 aromatic rings. The molecule has 2 atom stereocenters. The van der Waals surface area contributed by atoms with Gasteiger partial charge in [-0.05, 0) is 36.5 Å². The first-order chi connectivity index (χ1) is 9.17. The van der Waals surface area contributed by atoms with E-state index in [4.69, 9.17) is 5.73 Å². The Hall–Kier alpha value is -0.870. The lowest BCUT2D eigenvalue weighted by atomic mass is 9.87. The van der Waals surface area contributed by atoms with Gasteiger partial charge in [-0.1, -0.05) is 48.8 Å². The van der Waals surface area contributed by atoms with Gasteiger partial charge < -0.3 is 11.1 Å². The summed E-state index contributed by atoms with van der Waals surface area (Å²) in [5.74, 6) is 0.0113. The van der Waals surface area contributed by atoms with Gasteiger partial charge >= 0.3 is 0 Å². The molecule has 0 radical (unpaired) electrons. The van der Waals surface area contributed by atoms with Gasteiger partial charge in [0.2, 0.25) is 5.91 Å². The van der Waals surface area contributed by atoms with Crippen molar-refractivity contribution >= 4 is 21.8 Å². The van der Waals surface area contributed by atoms with E-state index in [1.165, 1.54) is 0 Å². The first-order valence-electron chi connectivity index (χ1n) is 6.98. The van der Waals surface area contributed by atoms with E-state index in [9.17, 15) is 4.79 Å². The molecule has 0 aromatic heterocycles. The number of benzene rings is 1. The normalized spacial score (nSPS) is 14.7. The zero-order chi connectivity index (χ0) is 15.3. The van der Waals surface area contributed by atoms with Crippen LogP contribution in [-0.4, -0.2) is 11.9 Å². The lowest BCUT2D eigenvalue weighted by Gasteiger charge is -2.23. The topological polar surface area (TPSA) is 55.1 Å². The summed E-state index contributed by atoms with van der Waals surface area (Å²) >= 11 is 3.40. The molecule has 0 saturated heterocycles. The molecular formula is C16H25BrN2O. The average Bonchev–Trinajstić information content (AvgIpc) is 2.26. The number of rotatable bonds is 5. The van der Waals surface area contributed by atoms with Gasteiger partial charge in [0, 0.05) is 16.9 Å². The number of hydrogen-bond acceptors (Lipinski definition) is 2. The van der Waals surface area contributed by atoms with Gasteiger partial charge in [-0.2, -0.15) is 0 Å². The van der Waals surface area contributed by atoms with Gasteiger partial charge in [-0.15, -0.1) is 0 Å². The van der Waals surface area contributed by atoms with Crippen LogP contribution in [0.3, 0.4) is 0 Å². The summed E-state index contributed by atoms with van der Waals surface area (Å²) in [6.07, 6.45) is 1.21. The third kappa shape index (κ3) is 6.53. The van der Waals surface area contributed by atoms with Crippen LogP contribution in [-0.2, 0) is 4.79 Å². The van der Waals surface area contributed by atoms with E-state index in [1.54, 1.807) is 0 Å². The van der Waals surface area contributed by atoms with E-state index >= 15 is 0 Å². The first-order valence-corrected chi connectivity index (χ1v) is 7.77. The van der Waals surface area contributed by atoms with Crippen molar-refractivity contribution in [3.8, 4) is 0 Å². The average molecular weight is 341 g/mol. The van der Waals surface area contributed by atoms with Crippen LogP contribution in [0.2, 0.25) is 0 Å². The summed E-state index contributed by atoms with van der Waals surface area (Å²) < 4.78 is 1.03. The zero-order valence-corrected chi connectivity index (χ0v) is 14.3. The van der Waals surface area contributed by atoms with Crippen LogP contribution < -0.4 is 11.1 Å². The molecule has 0 fully saturated rings. The van der Waals surface area contributed by atoms with Crippen molar-refractivity contribution in [1.82, 2.24) is 5.32 Å². The van der Waals surface area contributed by atoms with E-state index in [1.807, 2.05) is 31.2 Å². The maximum Gasteiger partial charge on any atom is 0.222 e. The molecular weight excluding hydrogens is 316 g/mol. The molecule has 0 aliphatic heterocycles. The highest BCUT2D eigenvalue weighted by molar-refractivity contribution is 9.10. The molecule has 1 amide bonds. The Balaban J connectivity index is 2.47. The van der Waals surface area contributed by atoms with Gasteiger partial charge in [0.25, 0.3) is 0 Å². The van der Waals surface area contributed by atoms with Crippen molar-refractivity contribution in [3.05, 3.63) is 34.3 Å². The van der Waals surface area contributed by atoms with Crippen LogP contribution >= 0.6 is 15.9 Å². The molecule has 0 heterocycles. The molecule has 20 heavy (non-hydrogen) atoms. The first kappa shape index (κ1) is 17.2. The minimum absolute atomic E-state index is 0.00237. The summed E-state index contributed by atoms with van der Waals surface area (Å²) in [6, 6.07) is 7.87. The summed E-state index contributed by atoms with van der Waals surface area (Å²) in [6.45, 7) is 8.38. The molecule has 3 nitrogen and oxygen atoms in total. The SMILES string of the molecule is C[C@H](NC(=O)CC(N)CC(C)(C)C)c1ccc(Br)cc1. The molecule has 1 unspecified atom stereocenters. The van der Waals surface area contributed by atoms with Crippen LogP contribution in [0.1, 0.15) is 52.1 Å². The van der Waals surface area contributed by atoms with Gasteiger partial charge in [0.1, 0.15) is 0 Å². The Kier molecular flexibility index (Phi) is 6.21. The molecule has 1 rings (SSSR count). The highest BCUT2D eigenvalue weighted by Crippen LogP contribution is 2.21. The molecule has 0 spiro atoms. The van der Waals surface area contributed by atoms with Crippen LogP contribution in [0.25, 0.3) is 0 Å². The van der Waals surface area contributed by atoms with Crippen LogP contribution in [0.5, 0.6) is 0 Å². The molecule has 0 saturated carbocycles. The second-order valence-electron chi connectivity index (χ2n) is 6.57. The summed E-state index contributed by atoms with van der Waals surface area (Å²) in [7, 11) is 0. The monoisotopic (exact) mass is 340 g/mol. The predicted molar refractivity (Wildman–Crippen MR) is 87.4 cm³/mol. The molecule has 0 aliphatic carbocycles. The minimum atomic E-state index is -0.0906. The number of amides is 1. The Morgan fingerprint density at radius 1 is 1.30 bits per heavy atom. The Bertz CT molecular complexity index is 437. The number of hydrogen-bond donors (Lipinski definition) is 2. The Morgan fingerprint density at radius 3 is 2.35 bits per heavy atom. The van der Waals surface area contributed by atoms with Gasteiger partial charge in [-0.3, -0.25) is 4.79 Å². The van der Waals surface area contributed by atoms with Gasteiger partial charge in [0.05, 0.1) is 6.04 Å². The fourth-order valence-electron chi connectivity index (χ4n) is 2.23. The number of nitrogens with one attached hydrogen (secondary N) is 1. The second kappa shape index (κ2) is 7.23. The van der Waals surface area contributed by atoms with E-state index < -0.39 is 0 Å². The summed E-state index contributed by atoms with van der Waals surface area (Å²) in [4.78, 5) is 12.0. The molecule has 3 N–H and O–H groups in total. The van der Waals surface area contributed by atoms with E-state index in [-0.39, 0.29) is 23.4 Å². The van der Waals surface area contributed by atoms with E-state index in [0.29, 0.717) is 6.42 Å². The second-order valence-corrected chi connectivity index (χ2v) is 7.49. The number of carbonyl (C=O) groups is 1. The highest BCUT2D eigenvalue weighted by atomic mass is 79.9. The number of nitrogens with two attached hydrogens (primary N) is 1. The van der Waals surface area contributed by atoms with Crippen molar-refractivity contribution in [2.24, 2.45) is 11.1 Å². The quantitative estimate of drug-likeness (QED) is 0.856. The lowest BCUT2D eigenvalue weighted by molar-refractivity contribution is -0.122. The molecule has 0 aliphatic rings. The largest absolute Gasteiger partial charge is 0.350 e. The van der Waals surface area contributed by atoms with Crippen molar-refractivity contribution in [2.75, 3.05) is 0 Å². The molecule has 1 aromatic carbocycles. The smallest absolute Gasteiger partial charge is 0.222 e. The maximum atomic E-state index is 12.0. The minimum Gasteiger partial charge on any atom is -0.350 e. The van der Waals surface area contributed by atoms with Crippen LogP contribution in [0.4, 0.5) is 0 Å². The third-order valence-electron chi connectivity index (χ3n) is 3.07. The molecule has 112 valence electrons. The number of carbonyl (C=O) groups excluding carboxylic acids is 1. The maximum absolute atomic E-state index is 12.0. The van der Waals surface area contributed by atoms with Gasteiger partial charge in [0.15, 0.2) is 0 Å². The summed E-state index contributed by atoms with van der Waals surface area (Å²) in [5, 5.41) is 3.00. The standard InChI is InChI=1S/C16H25BrN2O/c1-11(12-5-7-13(17)8-6-12)19-15(20)9-14(18)10-16(2,3)4/h5-8,11,14H,9-10,18H2,1-4H3,(H,19,20)/t11-,14?/m0/s1. The van der Waals surface area contributed by atoms with E-state index in [0.717, 1.165) is 16.5 Å². The highest BCUT2D eigenvalue weighted by Gasteiger charge is 2.19. The Labute approximate surface area is 130 Å². The number of halogens is 1. The van der Waals surface area contributed by atoms with Crippen molar-refractivity contribution < 1.29 is 4.79 Å². The van der Waals surface area contributed by atoms with Crippen molar-refractivity contribution in [1.29, 1.82) is 0 Å². The molecule has 0 bridgehead atoms. The van der Waals surface area contributed by atoms with Crippen molar-refractivity contribution in [3.63, 3.8) is 0 Å². The third-order valence-corrected chi connectivity index (χ3v) is 3.60. The van der Waals surface area contributed by atoms with Crippen LogP contribution in [0, 0.1) is 5.41 Å². The van der Waals surface area contributed by atoms with Crippen molar-refractivity contribution in [2.45, 2.75) is 52.6 Å². The fourth-order valence-corrected chi connectivity index (χ4v) is 2.50. The summed E-state index contributed by atoms with van der Waals surface area (Å²) in [5.41, 5.74) is 7.27. The van der Waals surface area contributed by atoms with E-state index in [2.05, 4.69) is 42.0 Å². The van der Waals surface area contributed by atoms with Gasteiger partial charge in [-0.25, -0.2) is 0 Å². The zero-order valence-electron chi connectivity index (χ0n) is 12.7. The predicted octanol–water partition coefficient (Wildman–Crippen LogP) is 3.78. The van der Waals surface area contributed by atoms with Crippen LogP contribution in [0.15, 0.2) is 28.7 Å². The Morgan fingerprint density at radius 2 is 1.85 bits per heavy atom. The lowest BCUT2D eigenvalue weighted by Crippen LogP contribution is -2.35. The fraction of sp³-hybridized carbons (Fsp3) is 0.562. The molecule has 4 heteroatoms.